The zero-order valence-electron chi connectivity index (χ0n) is 10.6. The molecular weight excluding hydrogens is 265 g/mol. The fraction of sp³-hybridized carbons (Fsp3) is 0.200. The molecule has 1 atom stereocenters. The molecule has 0 aliphatic rings. The van der Waals surface area contributed by atoms with Crippen molar-refractivity contribution in [1.29, 1.82) is 0 Å². The molecule has 0 radical (unpaired) electrons. The number of ether oxygens (including phenoxy) is 1. The molecular formula is C15H15ClFNO. The summed E-state index contributed by atoms with van der Waals surface area (Å²) in [5.41, 5.74) is 6.28. The minimum atomic E-state index is -0.495. The molecule has 4 heteroatoms. The van der Waals surface area contributed by atoms with E-state index >= 15 is 0 Å². The molecule has 0 heterocycles. The van der Waals surface area contributed by atoms with Crippen LogP contribution in [0.2, 0.25) is 5.02 Å². The van der Waals surface area contributed by atoms with Crippen LogP contribution in [0.4, 0.5) is 4.39 Å². The molecule has 2 N–H and O–H groups in total. The zero-order chi connectivity index (χ0) is 13.8. The first-order valence-corrected chi connectivity index (χ1v) is 6.47. The van der Waals surface area contributed by atoms with Crippen molar-refractivity contribution in [3.8, 4) is 11.5 Å². The van der Waals surface area contributed by atoms with Crippen molar-refractivity contribution in [2.45, 2.75) is 19.4 Å². The number of para-hydroxylation sites is 1. The molecule has 0 spiro atoms. The van der Waals surface area contributed by atoms with Gasteiger partial charge >= 0.3 is 0 Å². The number of hydrogen-bond acceptors (Lipinski definition) is 2. The third-order valence-corrected chi connectivity index (χ3v) is 3.18. The predicted molar refractivity (Wildman–Crippen MR) is 75.1 cm³/mol. The van der Waals surface area contributed by atoms with Crippen LogP contribution in [0.1, 0.15) is 24.9 Å². The molecule has 2 aromatic rings. The van der Waals surface area contributed by atoms with Crippen LogP contribution in [0.25, 0.3) is 0 Å². The van der Waals surface area contributed by atoms with E-state index in [1.54, 1.807) is 24.3 Å². The standard InChI is InChI=1S/C15H15ClFNO/c1-2-13(18)11-8-9-12(16)15(14(11)17)19-10-6-4-3-5-7-10/h3-9,13H,2,18H2,1H3. The molecule has 1 unspecified atom stereocenters. The maximum atomic E-state index is 14.4. The minimum absolute atomic E-state index is 0.0225. The monoisotopic (exact) mass is 279 g/mol. The van der Waals surface area contributed by atoms with Crippen molar-refractivity contribution >= 4 is 11.6 Å². The number of nitrogens with two attached hydrogens (primary N) is 1. The van der Waals surface area contributed by atoms with Crippen LogP contribution in [-0.4, -0.2) is 0 Å². The zero-order valence-corrected chi connectivity index (χ0v) is 11.3. The van der Waals surface area contributed by atoms with E-state index < -0.39 is 5.82 Å². The predicted octanol–water partition coefficient (Wildman–Crippen LogP) is 4.68. The van der Waals surface area contributed by atoms with Crippen molar-refractivity contribution in [1.82, 2.24) is 0 Å². The molecule has 0 fully saturated rings. The second-order valence-electron chi connectivity index (χ2n) is 4.21. The summed E-state index contributed by atoms with van der Waals surface area (Å²) >= 11 is 5.99. The van der Waals surface area contributed by atoms with E-state index in [1.807, 2.05) is 25.1 Å². The fourth-order valence-corrected chi connectivity index (χ4v) is 1.94. The minimum Gasteiger partial charge on any atom is -0.453 e. The lowest BCUT2D eigenvalue weighted by Gasteiger charge is -2.15. The summed E-state index contributed by atoms with van der Waals surface area (Å²) < 4.78 is 19.9. The van der Waals surface area contributed by atoms with Crippen LogP contribution >= 0.6 is 11.6 Å². The van der Waals surface area contributed by atoms with Crippen molar-refractivity contribution in [2.75, 3.05) is 0 Å². The van der Waals surface area contributed by atoms with Gasteiger partial charge in [-0.15, -0.1) is 0 Å². The molecule has 2 nitrogen and oxygen atoms in total. The molecule has 100 valence electrons. The van der Waals surface area contributed by atoms with E-state index in [9.17, 15) is 4.39 Å². The quantitative estimate of drug-likeness (QED) is 0.882. The van der Waals surface area contributed by atoms with Gasteiger partial charge in [0.1, 0.15) is 5.75 Å². The largest absolute Gasteiger partial charge is 0.453 e. The van der Waals surface area contributed by atoms with Gasteiger partial charge in [0.05, 0.1) is 5.02 Å². The highest BCUT2D eigenvalue weighted by molar-refractivity contribution is 6.32. The molecule has 0 saturated carbocycles. The molecule has 0 saturated heterocycles. The van der Waals surface area contributed by atoms with E-state index in [1.165, 1.54) is 0 Å². The highest BCUT2D eigenvalue weighted by atomic mass is 35.5. The van der Waals surface area contributed by atoms with E-state index in [0.717, 1.165) is 0 Å². The van der Waals surface area contributed by atoms with E-state index in [-0.39, 0.29) is 16.8 Å². The van der Waals surface area contributed by atoms with E-state index in [2.05, 4.69) is 0 Å². The SMILES string of the molecule is CCC(N)c1ccc(Cl)c(Oc2ccccc2)c1F. The van der Waals surface area contributed by atoms with Crippen LogP contribution in [0, 0.1) is 5.82 Å². The van der Waals surface area contributed by atoms with Crippen molar-refractivity contribution in [3.63, 3.8) is 0 Å². The summed E-state index contributed by atoms with van der Waals surface area (Å²) in [6.07, 6.45) is 0.642. The number of hydrogen-bond donors (Lipinski definition) is 1. The highest BCUT2D eigenvalue weighted by Gasteiger charge is 2.18. The average molecular weight is 280 g/mol. The Morgan fingerprint density at radius 2 is 1.89 bits per heavy atom. The molecule has 0 aliphatic carbocycles. The lowest BCUT2D eigenvalue weighted by atomic mass is 10.0. The topological polar surface area (TPSA) is 35.2 Å². The lowest BCUT2D eigenvalue weighted by Crippen LogP contribution is -2.11. The summed E-state index contributed by atoms with van der Waals surface area (Å²) in [6.45, 7) is 1.90. The van der Waals surface area contributed by atoms with Crippen LogP contribution in [-0.2, 0) is 0 Å². The van der Waals surface area contributed by atoms with Gasteiger partial charge in [0.15, 0.2) is 11.6 Å². The van der Waals surface area contributed by atoms with Gasteiger partial charge in [0.2, 0.25) is 0 Å². The number of halogens is 2. The van der Waals surface area contributed by atoms with Crippen molar-refractivity contribution in [2.24, 2.45) is 5.73 Å². The summed E-state index contributed by atoms with van der Waals surface area (Å²) in [5, 5.41) is 0.230. The normalized spacial score (nSPS) is 12.2. The third-order valence-electron chi connectivity index (χ3n) is 2.88. The molecule has 19 heavy (non-hydrogen) atoms. The average Bonchev–Trinajstić information content (AvgIpc) is 2.44. The second kappa shape index (κ2) is 6.04. The first-order chi connectivity index (χ1) is 9.13. The summed E-state index contributed by atoms with van der Waals surface area (Å²) in [7, 11) is 0. The Balaban J connectivity index is 2.39. The molecule has 2 rings (SSSR count). The Bertz CT molecular complexity index is 560. The van der Waals surface area contributed by atoms with E-state index in [4.69, 9.17) is 22.1 Å². The van der Waals surface area contributed by atoms with Gasteiger partial charge in [0, 0.05) is 11.6 Å². The van der Waals surface area contributed by atoms with Crippen LogP contribution in [0.15, 0.2) is 42.5 Å². The van der Waals surface area contributed by atoms with Gasteiger partial charge < -0.3 is 10.5 Å². The molecule has 2 aromatic carbocycles. The van der Waals surface area contributed by atoms with Gasteiger partial charge in [-0.1, -0.05) is 42.8 Å². The summed E-state index contributed by atoms with van der Waals surface area (Å²) in [6, 6.07) is 11.8. The van der Waals surface area contributed by atoms with Crippen LogP contribution in [0.3, 0.4) is 0 Å². The maximum absolute atomic E-state index is 14.4. The number of benzene rings is 2. The lowest BCUT2D eigenvalue weighted by molar-refractivity contribution is 0.434. The van der Waals surface area contributed by atoms with E-state index in [0.29, 0.717) is 17.7 Å². The first-order valence-electron chi connectivity index (χ1n) is 6.09. The Hall–Kier alpha value is -1.58. The van der Waals surface area contributed by atoms with Gasteiger partial charge in [-0.05, 0) is 24.6 Å². The Kier molecular flexibility index (Phi) is 4.40. The second-order valence-corrected chi connectivity index (χ2v) is 4.62. The van der Waals surface area contributed by atoms with Crippen molar-refractivity contribution in [3.05, 3.63) is 58.9 Å². The Labute approximate surface area is 117 Å². The smallest absolute Gasteiger partial charge is 0.181 e. The molecule has 0 amide bonds. The highest BCUT2D eigenvalue weighted by Crippen LogP contribution is 2.35. The summed E-state index contributed by atoms with van der Waals surface area (Å²) in [5.74, 6) is 0.0606. The van der Waals surface area contributed by atoms with Crippen LogP contribution in [0.5, 0.6) is 11.5 Å². The van der Waals surface area contributed by atoms with Crippen molar-refractivity contribution < 1.29 is 9.13 Å². The molecule has 0 aliphatic heterocycles. The third kappa shape index (κ3) is 3.06. The van der Waals surface area contributed by atoms with Gasteiger partial charge in [-0.2, -0.15) is 0 Å². The fourth-order valence-electron chi connectivity index (χ4n) is 1.75. The summed E-state index contributed by atoms with van der Waals surface area (Å²) in [4.78, 5) is 0. The van der Waals surface area contributed by atoms with Crippen LogP contribution < -0.4 is 10.5 Å². The number of rotatable bonds is 4. The Morgan fingerprint density at radius 3 is 2.53 bits per heavy atom. The van der Waals surface area contributed by atoms with Gasteiger partial charge in [-0.3, -0.25) is 0 Å². The molecule has 0 aromatic heterocycles. The van der Waals surface area contributed by atoms with Gasteiger partial charge in [-0.25, -0.2) is 4.39 Å². The van der Waals surface area contributed by atoms with Gasteiger partial charge in [0.25, 0.3) is 0 Å². The Morgan fingerprint density at radius 1 is 1.21 bits per heavy atom. The molecule has 0 bridgehead atoms. The maximum Gasteiger partial charge on any atom is 0.181 e. The first kappa shape index (κ1) is 13.8.